The fourth-order valence-corrected chi connectivity index (χ4v) is 3.91. The second-order valence-electron chi connectivity index (χ2n) is 7.96. The van der Waals surface area contributed by atoms with Crippen molar-refractivity contribution >= 4 is 11.8 Å². The molecule has 8 heteroatoms. The van der Waals surface area contributed by atoms with Crippen LogP contribution < -0.4 is 10.6 Å². The summed E-state index contributed by atoms with van der Waals surface area (Å²) in [7, 11) is 0. The summed E-state index contributed by atoms with van der Waals surface area (Å²) in [6, 6.07) is 12.4. The van der Waals surface area contributed by atoms with Crippen molar-refractivity contribution in [3.63, 3.8) is 0 Å². The fourth-order valence-electron chi connectivity index (χ4n) is 3.91. The summed E-state index contributed by atoms with van der Waals surface area (Å²) in [6.07, 6.45) is 2.28. The lowest BCUT2D eigenvalue weighted by molar-refractivity contribution is -0.188. The second kappa shape index (κ2) is 8.14. The van der Waals surface area contributed by atoms with Crippen LogP contribution in [0.15, 0.2) is 54.9 Å². The molecule has 0 bridgehead atoms. The molecule has 0 radical (unpaired) electrons. The molecule has 158 valence electrons. The number of nitrogens with one attached hydrogen (secondary N) is 2. The number of carbonyl (C=O) groups excluding carboxylic acids is 2. The third kappa shape index (κ3) is 4.21. The average molecular weight is 411 g/mol. The Labute approximate surface area is 174 Å². The number of rotatable bonds is 6. The zero-order valence-corrected chi connectivity index (χ0v) is 17.0. The second-order valence-corrected chi connectivity index (χ2v) is 7.96. The molecule has 3 heterocycles. The van der Waals surface area contributed by atoms with E-state index in [4.69, 9.17) is 14.2 Å². The van der Waals surface area contributed by atoms with Gasteiger partial charge < -0.3 is 24.8 Å². The molecule has 2 fully saturated rings. The van der Waals surface area contributed by atoms with Gasteiger partial charge in [0.15, 0.2) is 5.79 Å². The topological polar surface area (TPSA) is 98.8 Å². The maximum Gasteiger partial charge on any atom is 0.252 e. The maximum absolute atomic E-state index is 12.5. The predicted octanol–water partition coefficient (Wildman–Crippen LogP) is 1.53. The fraction of sp³-hybridized carbons (Fsp3) is 0.409. The van der Waals surface area contributed by atoms with Crippen LogP contribution in [0.4, 0.5) is 0 Å². The zero-order chi connectivity index (χ0) is 21.2. The SMILES string of the molecule is CC1(C)O[C@@H]2[C@@H](CNC(=O)c3cccnc3)OC[C@]2(CNC(=O)c2ccccc2)O1. The first-order valence-corrected chi connectivity index (χ1v) is 9.90. The molecule has 2 N–H and O–H groups in total. The highest BCUT2D eigenvalue weighted by molar-refractivity contribution is 5.94. The third-order valence-corrected chi connectivity index (χ3v) is 5.23. The van der Waals surface area contributed by atoms with Gasteiger partial charge in [-0.2, -0.15) is 0 Å². The first kappa shape index (κ1) is 20.5. The van der Waals surface area contributed by atoms with Crippen LogP contribution in [0.2, 0.25) is 0 Å². The maximum atomic E-state index is 12.5. The van der Waals surface area contributed by atoms with Crippen molar-refractivity contribution in [3.8, 4) is 0 Å². The Balaban J connectivity index is 1.41. The highest BCUT2D eigenvalue weighted by atomic mass is 16.8. The molecule has 0 spiro atoms. The van der Waals surface area contributed by atoms with Crippen molar-refractivity contribution < 1.29 is 23.8 Å². The number of ether oxygens (including phenoxy) is 3. The van der Waals surface area contributed by atoms with Gasteiger partial charge in [0.2, 0.25) is 0 Å². The van der Waals surface area contributed by atoms with E-state index < -0.39 is 23.6 Å². The van der Waals surface area contributed by atoms with Gasteiger partial charge in [0.05, 0.1) is 18.7 Å². The summed E-state index contributed by atoms with van der Waals surface area (Å²) in [5, 5.41) is 5.79. The molecular weight excluding hydrogens is 386 g/mol. The molecule has 2 aliphatic heterocycles. The van der Waals surface area contributed by atoms with Gasteiger partial charge in [0, 0.05) is 24.5 Å². The van der Waals surface area contributed by atoms with Gasteiger partial charge in [-0.05, 0) is 38.1 Å². The van der Waals surface area contributed by atoms with Crippen molar-refractivity contribution in [1.29, 1.82) is 0 Å². The Kier molecular flexibility index (Phi) is 5.55. The van der Waals surface area contributed by atoms with Crippen LogP contribution in [0.1, 0.15) is 34.6 Å². The minimum absolute atomic E-state index is 0.189. The highest BCUT2D eigenvalue weighted by Gasteiger charge is 2.60. The van der Waals surface area contributed by atoms with Crippen LogP contribution >= 0.6 is 0 Å². The number of hydrogen-bond acceptors (Lipinski definition) is 6. The van der Waals surface area contributed by atoms with Gasteiger partial charge >= 0.3 is 0 Å². The molecule has 4 rings (SSSR count). The van der Waals surface area contributed by atoms with Gasteiger partial charge in [-0.1, -0.05) is 18.2 Å². The Bertz CT molecular complexity index is 906. The van der Waals surface area contributed by atoms with E-state index in [-0.39, 0.29) is 31.5 Å². The van der Waals surface area contributed by atoms with Crippen molar-refractivity contribution in [3.05, 3.63) is 66.0 Å². The predicted molar refractivity (Wildman–Crippen MR) is 108 cm³/mol. The lowest BCUT2D eigenvalue weighted by Gasteiger charge is -2.27. The van der Waals surface area contributed by atoms with E-state index in [9.17, 15) is 9.59 Å². The van der Waals surface area contributed by atoms with Crippen molar-refractivity contribution in [1.82, 2.24) is 15.6 Å². The van der Waals surface area contributed by atoms with Crippen molar-refractivity contribution in [2.24, 2.45) is 0 Å². The monoisotopic (exact) mass is 411 g/mol. The van der Waals surface area contributed by atoms with E-state index in [1.165, 1.54) is 6.20 Å². The third-order valence-electron chi connectivity index (χ3n) is 5.23. The summed E-state index contributed by atoms with van der Waals surface area (Å²) in [5.74, 6) is -1.25. The normalized spacial score (nSPS) is 26.7. The summed E-state index contributed by atoms with van der Waals surface area (Å²) >= 11 is 0. The Morgan fingerprint density at radius 3 is 2.53 bits per heavy atom. The Morgan fingerprint density at radius 2 is 1.80 bits per heavy atom. The van der Waals surface area contributed by atoms with Crippen LogP contribution in [0.3, 0.4) is 0 Å². The number of carbonyl (C=O) groups is 2. The van der Waals surface area contributed by atoms with E-state index in [0.29, 0.717) is 11.1 Å². The van der Waals surface area contributed by atoms with E-state index in [0.717, 1.165) is 0 Å². The molecule has 0 unspecified atom stereocenters. The Hall–Kier alpha value is -2.81. The standard InChI is InChI=1S/C22H25N3O5/c1-21(2)29-18-17(12-24-20(27)16-9-6-10-23-11-16)28-14-22(18,30-21)13-25-19(26)15-7-4-3-5-8-15/h3-11,17-18H,12-14H2,1-2H3,(H,24,27)(H,25,26)/t17-,18-,22+/m1/s1. The lowest BCUT2D eigenvalue weighted by atomic mass is 9.96. The number of amides is 2. The van der Waals surface area contributed by atoms with E-state index in [2.05, 4.69) is 15.6 Å². The number of aromatic nitrogens is 1. The molecule has 2 aliphatic rings. The van der Waals surface area contributed by atoms with Crippen molar-refractivity contribution in [2.45, 2.75) is 37.4 Å². The minimum atomic E-state index is -0.822. The minimum Gasteiger partial charge on any atom is -0.370 e. The molecule has 2 saturated heterocycles. The summed E-state index contributed by atoms with van der Waals surface area (Å²) in [4.78, 5) is 28.8. The van der Waals surface area contributed by atoms with Crippen molar-refractivity contribution in [2.75, 3.05) is 19.7 Å². The van der Waals surface area contributed by atoms with Crippen LogP contribution in [0.25, 0.3) is 0 Å². The molecule has 2 aromatic rings. The van der Waals surface area contributed by atoms with E-state index in [1.807, 2.05) is 32.0 Å². The van der Waals surface area contributed by atoms with Gasteiger partial charge in [-0.3, -0.25) is 14.6 Å². The molecule has 2 amide bonds. The van der Waals surface area contributed by atoms with E-state index in [1.54, 1.807) is 30.5 Å². The molecule has 0 aliphatic carbocycles. The molecule has 1 aromatic heterocycles. The quantitative estimate of drug-likeness (QED) is 0.748. The number of nitrogens with zero attached hydrogens (tertiary/aromatic N) is 1. The molecular formula is C22H25N3O5. The van der Waals surface area contributed by atoms with Gasteiger partial charge in [0.1, 0.15) is 17.8 Å². The largest absolute Gasteiger partial charge is 0.370 e. The molecule has 1 aromatic carbocycles. The first-order valence-electron chi connectivity index (χ1n) is 9.90. The zero-order valence-electron chi connectivity index (χ0n) is 17.0. The molecule has 8 nitrogen and oxygen atoms in total. The summed E-state index contributed by atoms with van der Waals surface area (Å²) in [6.45, 7) is 4.41. The highest BCUT2D eigenvalue weighted by Crippen LogP contribution is 2.43. The van der Waals surface area contributed by atoms with Gasteiger partial charge in [-0.25, -0.2) is 0 Å². The van der Waals surface area contributed by atoms with Crippen LogP contribution in [0.5, 0.6) is 0 Å². The van der Waals surface area contributed by atoms with Crippen LogP contribution in [-0.4, -0.2) is 60.1 Å². The number of pyridine rings is 1. The first-order chi connectivity index (χ1) is 14.4. The number of hydrogen-bond donors (Lipinski definition) is 2. The van der Waals surface area contributed by atoms with Crippen LogP contribution in [0, 0.1) is 0 Å². The molecule has 0 saturated carbocycles. The molecule has 30 heavy (non-hydrogen) atoms. The van der Waals surface area contributed by atoms with Crippen LogP contribution in [-0.2, 0) is 14.2 Å². The molecule has 3 atom stereocenters. The number of fused-ring (bicyclic) bond motifs is 1. The number of benzene rings is 1. The summed E-state index contributed by atoms with van der Waals surface area (Å²) < 4.78 is 18.2. The Morgan fingerprint density at radius 1 is 1.07 bits per heavy atom. The van der Waals surface area contributed by atoms with Gasteiger partial charge in [-0.15, -0.1) is 0 Å². The summed E-state index contributed by atoms with van der Waals surface area (Å²) in [5.41, 5.74) is 0.223. The van der Waals surface area contributed by atoms with E-state index >= 15 is 0 Å². The lowest BCUT2D eigenvalue weighted by Crippen LogP contribution is -2.52. The smallest absolute Gasteiger partial charge is 0.252 e. The van der Waals surface area contributed by atoms with Gasteiger partial charge in [0.25, 0.3) is 11.8 Å². The average Bonchev–Trinajstić information content (AvgIpc) is 3.21.